The van der Waals surface area contributed by atoms with Crippen LogP contribution in [0.2, 0.25) is 0 Å². The summed E-state index contributed by atoms with van der Waals surface area (Å²) >= 11 is 0. The van der Waals surface area contributed by atoms with Crippen LogP contribution in [0.4, 0.5) is 13.2 Å². The number of nitrogens with one attached hydrogen (secondary N) is 1. The molecule has 0 aromatic carbocycles. The minimum Gasteiger partial charge on any atom is -0.356 e. The van der Waals surface area contributed by atoms with Crippen molar-refractivity contribution in [3.8, 4) is 12.3 Å². The van der Waals surface area contributed by atoms with Gasteiger partial charge < -0.3 is 5.32 Å². The van der Waals surface area contributed by atoms with Gasteiger partial charge in [-0.1, -0.05) is 12.8 Å². The van der Waals surface area contributed by atoms with E-state index in [1.165, 1.54) is 0 Å². The fourth-order valence-electron chi connectivity index (χ4n) is 2.53. The van der Waals surface area contributed by atoms with Gasteiger partial charge in [0.25, 0.3) is 0 Å². The van der Waals surface area contributed by atoms with Gasteiger partial charge in [0.2, 0.25) is 5.91 Å². The molecule has 19 heavy (non-hydrogen) atoms. The van der Waals surface area contributed by atoms with Gasteiger partial charge in [0.1, 0.15) is 0 Å². The minimum atomic E-state index is -4.27. The van der Waals surface area contributed by atoms with Gasteiger partial charge in [-0.15, -0.1) is 12.3 Å². The molecule has 108 valence electrons. The van der Waals surface area contributed by atoms with Gasteiger partial charge in [0.05, 0.1) is 5.92 Å². The Kier molecular flexibility index (Phi) is 6.20. The summed E-state index contributed by atoms with van der Waals surface area (Å²) in [6.45, 7) is 0.404. The Balaban J connectivity index is 2.42. The van der Waals surface area contributed by atoms with E-state index in [1.807, 2.05) is 0 Å². The second kappa shape index (κ2) is 7.42. The first kappa shape index (κ1) is 15.9. The van der Waals surface area contributed by atoms with Crippen molar-refractivity contribution < 1.29 is 18.0 Å². The van der Waals surface area contributed by atoms with Crippen LogP contribution in [0.25, 0.3) is 0 Å². The Hall–Kier alpha value is -1.18. The average Bonchev–Trinajstić information content (AvgIpc) is 2.37. The second-order valence-corrected chi connectivity index (χ2v) is 4.99. The number of terminal acetylenes is 1. The van der Waals surface area contributed by atoms with Crippen molar-refractivity contribution in [1.29, 1.82) is 0 Å². The lowest BCUT2D eigenvalue weighted by atomic mass is 9.78. The Bertz CT molecular complexity index is 333. The lowest BCUT2D eigenvalue weighted by Crippen LogP contribution is -2.42. The highest BCUT2D eigenvalue weighted by Crippen LogP contribution is 2.41. The number of hydrogen-bond acceptors (Lipinski definition) is 1. The monoisotopic (exact) mass is 275 g/mol. The van der Waals surface area contributed by atoms with Crippen LogP contribution in [0.1, 0.15) is 44.9 Å². The maximum atomic E-state index is 12.8. The zero-order chi connectivity index (χ0) is 14.3. The molecule has 0 spiro atoms. The van der Waals surface area contributed by atoms with Crippen LogP contribution in [0.5, 0.6) is 0 Å². The van der Waals surface area contributed by atoms with Gasteiger partial charge in [0, 0.05) is 18.9 Å². The predicted molar refractivity (Wildman–Crippen MR) is 67.2 cm³/mol. The largest absolute Gasteiger partial charge is 0.392 e. The summed E-state index contributed by atoms with van der Waals surface area (Å²) in [7, 11) is 0. The maximum absolute atomic E-state index is 12.8. The molecule has 1 N–H and O–H groups in total. The van der Waals surface area contributed by atoms with E-state index in [4.69, 9.17) is 6.42 Å². The van der Waals surface area contributed by atoms with E-state index in [-0.39, 0.29) is 6.42 Å². The highest BCUT2D eigenvalue weighted by atomic mass is 19.4. The third-order valence-corrected chi connectivity index (χ3v) is 3.57. The molecule has 0 aromatic rings. The van der Waals surface area contributed by atoms with E-state index in [2.05, 4.69) is 11.2 Å². The molecule has 2 atom stereocenters. The van der Waals surface area contributed by atoms with E-state index >= 15 is 0 Å². The van der Waals surface area contributed by atoms with Crippen LogP contribution in [-0.4, -0.2) is 18.6 Å². The highest BCUT2D eigenvalue weighted by molar-refractivity contribution is 5.79. The fourth-order valence-corrected chi connectivity index (χ4v) is 2.53. The molecule has 0 heterocycles. The average molecular weight is 275 g/mol. The Morgan fingerprint density at radius 2 is 1.95 bits per heavy atom. The molecule has 0 radical (unpaired) electrons. The zero-order valence-corrected chi connectivity index (χ0v) is 10.9. The topological polar surface area (TPSA) is 29.1 Å². The van der Waals surface area contributed by atoms with Crippen LogP contribution >= 0.6 is 0 Å². The van der Waals surface area contributed by atoms with Crippen molar-refractivity contribution in [2.24, 2.45) is 11.8 Å². The molecule has 1 aliphatic rings. The molecular weight excluding hydrogens is 255 g/mol. The SMILES string of the molecule is C#CCCCCNC(=O)C1CCCCC1C(F)(F)F. The molecule has 1 fully saturated rings. The molecule has 2 unspecified atom stereocenters. The molecular formula is C14H20F3NO. The summed E-state index contributed by atoms with van der Waals surface area (Å²) in [5.74, 6) is -0.366. The first-order chi connectivity index (χ1) is 8.96. The van der Waals surface area contributed by atoms with Crippen LogP contribution in [0.3, 0.4) is 0 Å². The molecule has 1 saturated carbocycles. The van der Waals surface area contributed by atoms with E-state index < -0.39 is 23.9 Å². The van der Waals surface area contributed by atoms with Crippen molar-refractivity contribution in [1.82, 2.24) is 5.32 Å². The molecule has 1 rings (SSSR count). The minimum absolute atomic E-state index is 0.0681. The molecule has 0 aromatic heterocycles. The number of rotatable bonds is 5. The van der Waals surface area contributed by atoms with Gasteiger partial charge in [-0.25, -0.2) is 0 Å². The van der Waals surface area contributed by atoms with Crippen molar-refractivity contribution in [3.63, 3.8) is 0 Å². The molecule has 0 saturated heterocycles. The molecule has 1 amide bonds. The second-order valence-electron chi connectivity index (χ2n) is 4.99. The van der Waals surface area contributed by atoms with E-state index in [0.29, 0.717) is 38.6 Å². The van der Waals surface area contributed by atoms with Crippen LogP contribution < -0.4 is 5.32 Å². The molecule has 2 nitrogen and oxygen atoms in total. The summed E-state index contributed by atoms with van der Waals surface area (Å²) in [4.78, 5) is 11.8. The molecule has 1 aliphatic carbocycles. The van der Waals surface area contributed by atoms with Gasteiger partial charge in [-0.2, -0.15) is 13.2 Å². The lowest BCUT2D eigenvalue weighted by molar-refractivity contribution is -0.198. The van der Waals surface area contributed by atoms with Crippen LogP contribution in [0, 0.1) is 24.2 Å². The van der Waals surface area contributed by atoms with Crippen molar-refractivity contribution in [3.05, 3.63) is 0 Å². The smallest absolute Gasteiger partial charge is 0.356 e. The lowest BCUT2D eigenvalue weighted by Gasteiger charge is -2.32. The number of hydrogen-bond donors (Lipinski definition) is 1. The summed E-state index contributed by atoms with van der Waals surface area (Å²) in [5, 5.41) is 2.61. The standard InChI is InChI=1S/C14H20F3NO/c1-2-3-4-7-10-18-13(19)11-8-5-6-9-12(11)14(15,16)17/h1,11-12H,3-10H2,(H,18,19). The third-order valence-electron chi connectivity index (χ3n) is 3.57. The number of carbonyl (C=O) groups is 1. The maximum Gasteiger partial charge on any atom is 0.392 e. The zero-order valence-electron chi connectivity index (χ0n) is 10.9. The molecule has 5 heteroatoms. The van der Waals surface area contributed by atoms with Gasteiger partial charge >= 0.3 is 6.18 Å². The van der Waals surface area contributed by atoms with Gasteiger partial charge in [-0.3, -0.25) is 4.79 Å². The third kappa shape index (κ3) is 5.14. The van der Waals surface area contributed by atoms with Crippen molar-refractivity contribution >= 4 is 5.91 Å². The Morgan fingerprint density at radius 1 is 1.26 bits per heavy atom. The van der Waals surface area contributed by atoms with Crippen LogP contribution in [-0.2, 0) is 4.79 Å². The van der Waals surface area contributed by atoms with E-state index in [0.717, 1.165) is 6.42 Å². The summed E-state index contributed by atoms with van der Waals surface area (Å²) < 4.78 is 38.5. The quantitative estimate of drug-likeness (QED) is 0.605. The fraction of sp³-hybridized carbons (Fsp3) is 0.786. The first-order valence-corrected chi connectivity index (χ1v) is 6.74. The number of amides is 1. The molecule has 0 aliphatic heterocycles. The summed E-state index contributed by atoms with van der Waals surface area (Å²) in [6, 6.07) is 0. The van der Waals surface area contributed by atoms with Crippen molar-refractivity contribution in [2.75, 3.05) is 6.54 Å². The predicted octanol–water partition coefficient (Wildman–Crippen LogP) is 3.27. The first-order valence-electron chi connectivity index (χ1n) is 6.74. The number of halogens is 3. The molecule has 0 bridgehead atoms. The summed E-state index contributed by atoms with van der Waals surface area (Å²) in [6.07, 6.45) is 4.59. The number of unbranched alkanes of at least 4 members (excludes halogenated alkanes) is 2. The number of alkyl halides is 3. The van der Waals surface area contributed by atoms with Gasteiger partial charge in [0.15, 0.2) is 0 Å². The highest BCUT2D eigenvalue weighted by Gasteiger charge is 2.47. The van der Waals surface area contributed by atoms with Crippen molar-refractivity contribution in [2.45, 2.75) is 51.1 Å². The Morgan fingerprint density at radius 3 is 2.58 bits per heavy atom. The number of carbonyl (C=O) groups excluding carboxylic acids is 1. The van der Waals surface area contributed by atoms with Gasteiger partial charge in [-0.05, 0) is 25.7 Å². The van der Waals surface area contributed by atoms with E-state index in [1.54, 1.807) is 0 Å². The summed E-state index contributed by atoms with van der Waals surface area (Å²) in [5.41, 5.74) is 0. The Labute approximate surface area is 112 Å². The van der Waals surface area contributed by atoms with E-state index in [9.17, 15) is 18.0 Å². The van der Waals surface area contributed by atoms with Crippen LogP contribution in [0.15, 0.2) is 0 Å². The normalized spacial score (nSPS) is 23.7.